The number of carbonyl (C=O) groups excluding carboxylic acids is 1. The van der Waals surface area contributed by atoms with Crippen LogP contribution >= 0.6 is 0 Å². The third-order valence-electron chi connectivity index (χ3n) is 1.22. The van der Waals surface area contributed by atoms with E-state index in [0.717, 1.165) is 6.07 Å². The first-order valence-corrected chi connectivity index (χ1v) is 3.07. The van der Waals surface area contributed by atoms with Crippen molar-refractivity contribution in [2.45, 2.75) is 0 Å². The number of hydrogen-bond donors (Lipinski definition) is 1. The van der Waals surface area contributed by atoms with Gasteiger partial charge in [-0.1, -0.05) is 0 Å². The predicted octanol–water partition coefficient (Wildman–Crippen LogP) is 0.580. The Bertz CT molecular complexity index is 258. The summed E-state index contributed by atoms with van der Waals surface area (Å²) in [6, 6.07) is 2.52. The molecule has 1 heterocycles. The van der Waals surface area contributed by atoms with E-state index < -0.39 is 5.95 Å². The molecule has 11 heavy (non-hydrogen) atoms. The lowest BCUT2D eigenvalue weighted by atomic mass is 10.3. The van der Waals surface area contributed by atoms with Gasteiger partial charge in [0.15, 0.2) is 0 Å². The molecule has 0 aromatic carbocycles. The average molecular weight is 154 g/mol. The van der Waals surface area contributed by atoms with Gasteiger partial charge in [0.1, 0.15) is 0 Å². The number of amides is 1. The van der Waals surface area contributed by atoms with Gasteiger partial charge >= 0.3 is 0 Å². The highest BCUT2D eigenvalue weighted by Crippen LogP contribution is 1.97. The maximum absolute atomic E-state index is 12.2. The molecule has 0 unspecified atom stereocenters. The second-order valence-electron chi connectivity index (χ2n) is 1.95. The van der Waals surface area contributed by atoms with E-state index in [9.17, 15) is 9.18 Å². The van der Waals surface area contributed by atoms with Gasteiger partial charge in [0.25, 0.3) is 5.91 Å². The van der Waals surface area contributed by atoms with Crippen LogP contribution in [0.5, 0.6) is 0 Å². The molecule has 0 spiro atoms. The number of nitrogens with zero attached hydrogens (tertiary/aromatic N) is 1. The molecule has 4 heteroatoms. The summed E-state index contributed by atoms with van der Waals surface area (Å²) in [6.45, 7) is 0. The summed E-state index contributed by atoms with van der Waals surface area (Å²) in [7, 11) is 1.51. The Hall–Kier alpha value is -1.45. The molecule has 0 atom stereocenters. The Balaban J connectivity index is 2.90. The van der Waals surface area contributed by atoms with E-state index in [4.69, 9.17) is 0 Å². The first-order valence-electron chi connectivity index (χ1n) is 3.07. The molecule has 0 aliphatic carbocycles. The number of halogens is 1. The van der Waals surface area contributed by atoms with Gasteiger partial charge < -0.3 is 5.32 Å². The molecule has 0 radical (unpaired) electrons. The van der Waals surface area contributed by atoms with E-state index in [-0.39, 0.29) is 5.91 Å². The monoisotopic (exact) mass is 154 g/mol. The number of hydrogen-bond acceptors (Lipinski definition) is 2. The molecule has 1 aromatic heterocycles. The van der Waals surface area contributed by atoms with Gasteiger partial charge in [-0.2, -0.15) is 4.39 Å². The van der Waals surface area contributed by atoms with Crippen molar-refractivity contribution >= 4 is 5.91 Å². The summed E-state index contributed by atoms with van der Waals surface area (Å²) in [5.74, 6) is -0.852. The molecule has 0 aliphatic rings. The molecule has 1 amide bonds. The highest BCUT2D eigenvalue weighted by atomic mass is 19.1. The second kappa shape index (κ2) is 3.09. The lowest BCUT2D eigenvalue weighted by Crippen LogP contribution is -2.17. The van der Waals surface area contributed by atoms with Crippen LogP contribution in [0.2, 0.25) is 0 Å². The van der Waals surface area contributed by atoms with Crippen molar-refractivity contribution in [2.75, 3.05) is 7.05 Å². The summed E-state index contributed by atoms with van der Waals surface area (Å²) < 4.78 is 12.2. The third-order valence-corrected chi connectivity index (χ3v) is 1.22. The third kappa shape index (κ3) is 1.73. The van der Waals surface area contributed by atoms with Gasteiger partial charge in [-0.3, -0.25) is 4.79 Å². The number of rotatable bonds is 1. The number of pyridine rings is 1. The lowest BCUT2D eigenvalue weighted by Gasteiger charge is -1.96. The van der Waals surface area contributed by atoms with Crippen LogP contribution in [-0.2, 0) is 0 Å². The van der Waals surface area contributed by atoms with Crippen molar-refractivity contribution in [3.8, 4) is 0 Å². The minimum absolute atomic E-state index is 0.266. The van der Waals surface area contributed by atoms with Gasteiger partial charge in [0.05, 0.1) is 5.56 Å². The van der Waals surface area contributed by atoms with Crippen molar-refractivity contribution in [1.29, 1.82) is 0 Å². The number of carbonyl (C=O) groups is 1. The first kappa shape index (κ1) is 7.65. The zero-order valence-corrected chi connectivity index (χ0v) is 5.97. The minimum Gasteiger partial charge on any atom is -0.355 e. The molecular weight excluding hydrogens is 147 g/mol. The maximum atomic E-state index is 12.2. The molecule has 0 bridgehead atoms. The van der Waals surface area contributed by atoms with Gasteiger partial charge in [0.2, 0.25) is 5.95 Å². The van der Waals surface area contributed by atoms with Gasteiger partial charge in [-0.15, -0.1) is 0 Å². The molecule has 0 saturated carbocycles. The highest BCUT2D eigenvalue weighted by molar-refractivity contribution is 5.93. The largest absolute Gasteiger partial charge is 0.355 e. The van der Waals surface area contributed by atoms with Crippen molar-refractivity contribution in [3.05, 3.63) is 29.8 Å². The summed E-state index contributed by atoms with van der Waals surface area (Å²) in [5.41, 5.74) is 0.355. The summed E-state index contributed by atoms with van der Waals surface area (Å²) in [4.78, 5) is 14.2. The van der Waals surface area contributed by atoms with Crippen LogP contribution in [-0.4, -0.2) is 17.9 Å². The van der Waals surface area contributed by atoms with Crippen LogP contribution in [0.1, 0.15) is 10.4 Å². The Labute approximate surface area is 63.3 Å². The van der Waals surface area contributed by atoms with E-state index in [1.807, 2.05) is 0 Å². The minimum atomic E-state index is -0.586. The fourth-order valence-electron chi connectivity index (χ4n) is 0.654. The second-order valence-corrected chi connectivity index (χ2v) is 1.95. The fourth-order valence-corrected chi connectivity index (χ4v) is 0.654. The molecule has 1 aromatic rings. The van der Waals surface area contributed by atoms with Crippen LogP contribution in [0, 0.1) is 5.95 Å². The molecule has 1 rings (SSSR count). The molecule has 0 fully saturated rings. The van der Waals surface area contributed by atoms with Crippen LogP contribution in [0.25, 0.3) is 0 Å². The van der Waals surface area contributed by atoms with Crippen LogP contribution < -0.4 is 5.32 Å². The zero-order valence-electron chi connectivity index (χ0n) is 5.97. The average Bonchev–Trinajstić information content (AvgIpc) is 2.05. The quantitative estimate of drug-likeness (QED) is 0.601. The van der Waals surface area contributed by atoms with Crippen molar-refractivity contribution in [1.82, 2.24) is 10.3 Å². The Morgan fingerprint density at radius 3 is 2.82 bits per heavy atom. The maximum Gasteiger partial charge on any atom is 0.252 e. The zero-order chi connectivity index (χ0) is 8.27. The molecule has 1 N–H and O–H groups in total. The van der Waals surface area contributed by atoms with Crippen molar-refractivity contribution in [2.24, 2.45) is 0 Å². The Morgan fingerprint density at radius 2 is 2.36 bits per heavy atom. The lowest BCUT2D eigenvalue weighted by molar-refractivity contribution is 0.0962. The summed E-state index contributed by atoms with van der Waals surface area (Å²) >= 11 is 0. The van der Waals surface area contributed by atoms with E-state index >= 15 is 0 Å². The van der Waals surface area contributed by atoms with Crippen LogP contribution in [0.3, 0.4) is 0 Å². The molecule has 0 aliphatic heterocycles. The molecule has 3 nitrogen and oxygen atoms in total. The van der Waals surface area contributed by atoms with Crippen LogP contribution in [0.4, 0.5) is 4.39 Å². The Morgan fingerprint density at radius 1 is 1.64 bits per heavy atom. The van der Waals surface area contributed by atoms with Crippen LogP contribution in [0.15, 0.2) is 18.3 Å². The Kier molecular flexibility index (Phi) is 2.15. The fraction of sp³-hybridized carbons (Fsp3) is 0.143. The predicted molar refractivity (Wildman–Crippen MR) is 37.6 cm³/mol. The van der Waals surface area contributed by atoms with E-state index in [2.05, 4.69) is 10.3 Å². The van der Waals surface area contributed by atoms with E-state index in [0.29, 0.717) is 5.56 Å². The van der Waals surface area contributed by atoms with Crippen molar-refractivity contribution in [3.63, 3.8) is 0 Å². The SMILES string of the molecule is CNC(=O)c1ccc(F)nc1. The highest BCUT2D eigenvalue weighted by Gasteiger charge is 2.01. The summed E-state index contributed by atoms with van der Waals surface area (Å²) in [6.07, 6.45) is 1.19. The standard InChI is InChI=1S/C7H7FN2O/c1-9-7(11)5-2-3-6(8)10-4-5/h2-4H,1H3,(H,9,11). The number of aromatic nitrogens is 1. The summed E-state index contributed by atoms with van der Waals surface area (Å²) in [5, 5.41) is 2.40. The number of nitrogens with one attached hydrogen (secondary N) is 1. The molecule has 0 saturated heterocycles. The normalized spacial score (nSPS) is 9.27. The molecular formula is C7H7FN2O. The molecule has 58 valence electrons. The van der Waals surface area contributed by atoms with E-state index in [1.165, 1.54) is 19.3 Å². The van der Waals surface area contributed by atoms with Gasteiger partial charge in [-0.05, 0) is 12.1 Å². The van der Waals surface area contributed by atoms with Gasteiger partial charge in [-0.25, -0.2) is 4.98 Å². The topological polar surface area (TPSA) is 42.0 Å². The van der Waals surface area contributed by atoms with E-state index in [1.54, 1.807) is 0 Å². The van der Waals surface area contributed by atoms with Crippen molar-refractivity contribution < 1.29 is 9.18 Å². The van der Waals surface area contributed by atoms with Gasteiger partial charge in [0, 0.05) is 13.2 Å². The first-order chi connectivity index (χ1) is 5.24. The smallest absolute Gasteiger partial charge is 0.252 e.